The molecule has 2 rings (SSSR count). The van der Waals surface area contributed by atoms with E-state index in [1.165, 1.54) is 5.56 Å². The lowest BCUT2D eigenvalue weighted by Gasteiger charge is -2.03. The zero-order valence-corrected chi connectivity index (χ0v) is 14.8. The van der Waals surface area contributed by atoms with E-state index in [1.54, 1.807) is 0 Å². The number of hydrogen-bond acceptors (Lipinski definition) is 2. The molecule has 0 saturated heterocycles. The van der Waals surface area contributed by atoms with Gasteiger partial charge in [-0.1, -0.05) is 62.4 Å². The Kier molecular flexibility index (Phi) is 8.80. The highest BCUT2D eigenvalue weighted by Crippen LogP contribution is 2.11. The van der Waals surface area contributed by atoms with Gasteiger partial charge in [0.1, 0.15) is 0 Å². The fraction of sp³-hybridized carbons (Fsp3) is 0.300. The van der Waals surface area contributed by atoms with Crippen LogP contribution in [0.4, 0.5) is 0 Å². The molecule has 0 spiro atoms. The minimum Gasteiger partial charge on any atom is -0.481 e. The Hall–Kier alpha value is -2.13. The minimum absolute atomic E-state index is 0.129. The summed E-state index contributed by atoms with van der Waals surface area (Å²) in [6, 6.07) is 15.5. The largest absolute Gasteiger partial charge is 0.481 e. The van der Waals surface area contributed by atoms with Crippen molar-refractivity contribution in [3.63, 3.8) is 0 Å². The lowest BCUT2D eigenvalue weighted by atomic mass is 10.0. The van der Waals surface area contributed by atoms with Crippen LogP contribution in [-0.4, -0.2) is 16.3 Å². The molecule has 0 aliphatic heterocycles. The molecule has 0 saturated carbocycles. The SMILES string of the molecule is CCc1ccccc1CC(=O)Cl.CCc1ccccc1CC(=O)O. The van der Waals surface area contributed by atoms with Crippen molar-refractivity contribution in [3.05, 3.63) is 70.8 Å². The number of rotatable bonds is 6. The summed E-state index contributed by atoms with van der Waals surface area (Å²) < 4.78 is 0. The zero-order chi connectivity index (χ0) is 17.9. The van der Waals surface area contributed by atoms with Crippen molar-refractivity contribution < 1.29 is 14.7 Å². The summed E-state index contributed by atoms with van der Waals surface area (Å²) in [6.07, 6.45) is 2.30. The lowest BCUT2D eigenvalue weighted by Crippen LogP contribution is -2.02. The molecule has 0 amide bonds. The summed E-state index contributed by atoms with van der Waals surface area (Å²) in [5.74, 6) is -0.768. The monoisotopic (exact) mass is 346 g/mol. The second kappa shape index (κ2) is 10.6. The van der Waals surface area contributed by atoms with E-state index in [9.17, 15) is 9.59 Å². The molecule has 0 aromatic heterocycles. The Morgan fingerprint density at radius 3 is 1.50 bits per heavy atom. The number of carboxylic acid groups (broad SMARTS) is 1. The summed E-state index contributed by atoms with van der Waals surface area (Å²) in [4.78, 5) is 21.1. The van der Waals surface area contributed by atoms with Gasteiger partial charge >= 0.3 is 5.97 Å². The van der Waals surface area contributed by atoms with Crippen molar-refractivity contribution in [3.8, 4) is 0 Å². The van der Waals surface area contributed by atoms with Crippen molar-refractivity contribution in [2.24, 2.45) is 0 Å². The van der Waals surface area contributed by atoms with Gasteiger partial charge in [0.25, 0.3) is 0 Å². The van der Waals surface area contributed by atoms with E-state index in [4.69, 9.17) is 16.7 Å². The molecule has 0 heterocycles. The average molecular weight is 347 g/mol. The van der Waals surface area contributed by atoms with Crippen molar-refractivity contribution in [2.45, 2.75) is 39.5 Å². The quantitative estimate of drug-likeness (QED) is 0.787. The van der Waals surface area contributed by atoms with Gasteiger partial charge in [-0.05, 0) is 46.7 Å². The van der Waals surface area contributed by atoms with Crippen LogP contribution in [0.15, 0.2) is 48.5 Å². The molecule has 0 radical (unpaired) electrons. The van der Waals surface area contributed by atoms with Crippen LogP contribution in [0.2, 0.25) is 0 Å². The van der Waals surface area contributed by atoms with Gasteiger partial charge in [0, 0.05) is 6.42 Å². The Labute approximate surface area is 148 Å². The fourth-order valence-corrected chi connectivity index (χ4v) is 2.61. The van der Waals surface area contributed by atoms with E-state index < -0.39 is 5.97 Å². The van der Waals surface area contributed by atoms with Crippen LogP contribution in [0.5, 0.6) is 0 Å². The molecule has 0 bridgehead atoms. The lowest BCUT2D eigenvalue weighted by molar-refractivity contribution is -0.136. The Bertz CT molecular complexity index is 621. The molecule has 0 aliphatic rings. The van der Waals surface area contributed by atoms with Gasteiger partial charge in [0.05, 0.1) is 6.42 Å². The smallest absolute Gasteiger partial charge is 0.307 e. The Morgan fingerprint density at radius 2 is 1.17 bits per heavy atom. The maximum atomic E-state index is 10.6. The van der Waals surface area contributed by atoms with Crippen LogP contribution in [0.1, 0.15) is 36.1 Å². The molecule has 0 fully saturated rings. The summed E-state index contributed by atoms with van der Waals surface area (Å²) in [7, 11) is 0. The molecule has 3 nitrogen and oxygen atoms in total. The number of carboxylic acids is 1. The van der Waals surface area contributed by atoms with Crippen LogP contribution in [0.25, 0.3) is 0 Å². The maximum absolute atomic E-state index is 10.6. The van der Waals surface area contributed by atoms with Crippen LogP contribution in [-0.2, 0) is 35.3 Å². The van der Waals surface area contributed by atoms with E-state index in [2.05, 4.69) is 6.92 Å². The molecular weight excluding hydrogens is 324 g/mol. The highest BCUT2D eigenvalue weighted by atomic mass is 35.5. The van der Waals surface area contributed by atoms with Gasteiger partial charge < -0.3 is 5.11 Å². The fourth-order valence-electron chi connectivity index (χ4n) is 2.46. The third-order valence-electron chi connectivity index (χ3n) is 3.67. The second-order valence-electron chi connectivity index (χ2n) is 5.35. The maximum Gasteiger partial charge on any atom is 0.307 e. The number of carbonyl (C=O) groups excluding carboxylic acids is 1. The van der Waals surface area contributed by atoms with Gasteiger partial charge in [-0.25, -0.2) is 0 Å². The standard InChI is InChI=1S/C10H11ClO.C10H12O2/c2*1-2-8-5-3-4-6-9(8)7-10(11)12/h3-6H,2,7H2,1H3;3-6H,2,7H2,1H3,(H,11,12). The van der Waals surface area contributed by atoms with Gasteiger partial charge in [-0.2, -0.15) is 0 Å². The minimum atomic E-state index is -0.768. The van der Waals surface area contributed by atoms with E-state index in [-0.39, 0.29) is 11.7 Å². The molecule has 1 N–H and O–H groups in total. The summed E-state index contributed by atoms with van der Waals surface area (Å²) in [6.45, 7) is 4.10. The summed E-state index contributed by atoms with van der Waals surface area (Å²) in [5, 5.41) is 8.29. The molecule has 128 valence electrons. The van der Waals surface area contributed by atoms with E-state index in [0.29, 0.717) is 6.42 Å². The van der Waals surface area contributed by atoms with E-state index in [0.717, 1.165) is 29.5 Å². The first-order valence-corrected chi connectivity index (χ1v) is 8.39. The molecule has 2 aromatic carbocycles. The molecular formula is C20H23ClO3. The first-order chi connectivity index (χ1) is 11.5. The molecule has 0 aliphatic carbocycles. The molecule has 2 aromatic rings. The summed E-state index contributed by atoms with van der Waals surface area (Å²) in [5.41, 5.74) is 4.29. The van der Waals surface area contributed by atoms with Crippen LogP contribution in [0, 0.1) is 0 Å². The van der Waals surface area contributed by atoms with Crippen molar-refractivity contribution in [2.75, 3.05) is 0 Å². The molecule has 24 heavy (non-hydrogen) atoms. The zero-order valence-electron chi connectivity index (χ0n) is 14.1. The molecule has 0 unspecified atom stereocenters. The topological polar surface area (TPSA) is 54.4 Å². The number of aliphatic carboxylic acids is 1. The van der Waals surface area contributed by atoms with Gasteiger partial charge in [0.15, 0.2) is 0 Å². The van der Waals surface area contributed by atoms with E-state index in [1.807, 2.05) is 55.5 Å². The Morgan fingerprint density at radius 1 is 0.792 bits per heavy atom. The number of hydrogen-bond donors (Lipinski definition) is 1. The number of aryl methyl sites for hydroxylation is 2. The third kappa shape index (κ3) is 6.97. The van der Waals surface area contributed by atoms with Crippen LogP contribution < -0.4 is 0 Å². The van der Waals surface area contributed by atoms with E-state index >= 15 is 0 Å². The molecule has 0 atom stereocenters. The first kappa shape index (κ1) is 19.9. The number of carbonyl (C=O) groups is 2. The third-order valence-corrected chi connectivity index (χ3v) is 3.80. The normalized spacial score (nSPS) is 9.79. The second-order valence-corrected chi connectivity index (χ2v) is 5.77. The highest BCUT2D eigenvalue weighted by molar-refractivity contribution is 6.63. The highest BCUT2D eigenvalue weighted by Gasteiger charge is 2.04. The molecule has 4 heteroatoms. The first-order valence-electron chi connectivity index (χ1n) is 8.01. The summed E-state index contributed by atoms with van der Waals surface area (Å²) >= 11 is 5.30. The predicted octanol–water partition coefficient (Wildman–Crippen LogP) is 4.43. The van der Waals surface area contributed by atoms with Gasteiger partial charge in [0.2, 0.25) is 5.24 Å². The van der Waals surface area contributed by atoms with Crippen LogP contribution >= 0.6 is 11.6 Å². The van der Waals surface area contributed by atoms with Gasteiger partial charge in [-0.3, -0.25) is 9.59 Å². The number of benzene rings is 2. The predicted molar refractivity (Wildman–Crippen MR) is 97.5 cm³/mol. The van der Waals surface area contributed by atoms with Crippen molar-refractivity contribution >= 4 is 22.8 Å². The number of halogens is 1. The Balaban J connectivity index is 0.000000240. The van der Waals surface area contributed by atoms with Crippen molar-refractivity contribution in [1.82, 2.24) is 0 Å². The van der Waals surface area contributed by atoms with Crippen molar-refractivity contribution in [1.29, 1.82) is 0 Å². The van der Waals surface area contributed by atoms with Gasteiger partial charge in [-0.15, -0.1) is 0 Å². The van der Waals surface area contributed by atoms with Crippen LogP contribution in [0.3, 0.4) is 0 Å². The average Bonchev–Trinajstić information content (AvgIpc) is 2.55.